The maximum absolute atomic E-state index is 13.0. The second-order valence-electron chi connectivity index (χ2n) is 5.71. The average Bonchev–Trinajstić information content (AvgIpc) is 3.07. The highest BCUT2D eigenvalue weighted by molar-refractivity contribution is 7.90. The molecule has 0 aliphatic carbocycles. The van der Waals surface area contributed by atoms with E-state index in [4.69, 9.17) is 0 Å². The van der Waals surface area contributed by atoms with Gasteiger partial charge in [0.2, 0.25) is 0 Å². The summed E-state index contributed by atoms with van der Waals surface area (Å²) in [5, 5.41) is 4.00. The van der Waals surface area contributed by atoms with Crippen LogP contribution in [0.3, 0.4) is 0 Å². The molecule has 0 bridgehead atoms. The number of hydrogen-bond acceptors (Lipinski definition) is 5. The maximum atomic E-state index is 13.0. The van der Waals surface area contributed by atoms with Gasteiger partial charge < -0.3 is 5.32 Å². The van der Waals surface area contributed by atoms with Gasteiger partial charge in [0.05, 0.1) is 4.90 Å². The monoisotopic (exact) mass is 364 g/mol. The van der Waals surface area contributed by atoms with Gasteiger partial charge in [-0.3, -0.25) is 0 Å². The van der Waals surface area contributed by atoms with E-state index in [1.54, 1.807) is 55.0 Å². The van der Waals surface area contributed by atoms with Gasteiger partial charge in [0.15, 0.2) is 5.65 Å². The minimum atomic E-state index is -3.72. The number of fused-ring (bicyclic) bond motifs is 1. The van der Waals surface area contributed by atoms with E-state index in [1.807, 2.05) is 24.3 Å². The zero-order valence-corrected chi connectivity index (χ0v) is 14.6. The van der Waals surface area contributed by atoms with Gasteiger partial charge in [0.1, 0.15) is 5.82 Å². The van der Waals surface area contributed by atoms with Crippen molar-refractivity contribution in [2.75, 3.05) is 5.32 Å². The first-order chi connectivity index (χ1) is 12.7. The summed E-state index contributed by atoms with van der Waals surface area (Å²) in [5.74, 6) is 0.725. The topological polar surface area (TPSA) is 76.9 Å². The molecule has 3 heterocycles. The standard InChI is InChI=1S/C19H16N4O2S/c24-26(25,16-7-2-1-3-8-16)23-14-15(17-9-6-12-21-19(17)23)13-22-18-10-4-5-11-20-18/h1-12,14H,13H2,(H,20,22). The second-order valence-corrected chi connectivity index (χ2v) is 7.53. The molecule has 0 fully saturated rings. The van der Waals surface area contributed by atoms with E-state index < -0.39 is 10.0 Å². The first kappa shape index (κ1) is 16.3. The molecule has 0 aliphatic heterocycles. The zero-order valence-electron chi connectivity index (χ0n) is 13.8. The first-order valence-electron chi connectivity index (χ1n) is 8.07. The van der Waals surface area contributed by atoms with Crippen molar-refractivity contribution in [1.82, 2.24) is 13.9 Å². The fourth-order valence-corrected chi connectivity index (χ4v) is 4.15. The number of aromatic nitrogens is 3. The van der Waals surface area contributed by atoms with E-state index in [0.29, 0.717) is 12.2 Å². The SMILES string of the molecule is O=S(=O)(c1ccccc1)n1cc(CNc2ccccn2)c2cccnc21. The Kier molecular flexibility index (Phi) is 4.14. The van der Waals surface area contributed by atoms with Gasteiger partial charge in [0, 0.05) is 30.5 Å². The van der Waals surface area contributed by atoms with Gasteiger partial charge in [-0.05, 0) is 42.0 Å². The summed E-state index contributed by atoms with van der Waals surface area (Å²) in [6, 6.07) is 17.6. The molecule has 6 nitrogen and oxygen atoms in total. The molecular weight excluding hydrogens is 348 g/mol. The summed E-state index contributed by atoms with van der Waals surface area (Å²) < 4.78 is 27.3. The lowest BCUT2D eigenvalue weighted by molar-refractivity contribution is 0.588. The molecule has 0 saturated heterocycles. The van der Waals surface area contributed by atoms with E-state index in [2.05, 4.69) is 15.3 Å². The van der Waals surface area contributed by atoms with Crippen molar-refractivity contribution < 1.29 is 8.42 Å². The van der Waals surface area contributed by atoms with Gasteiger partial charge >= 0.3 is 0 Å². The largest absolute Gasteiger partial charge is 0.366 e. The fourth-order valence-electron chi connectivity index (χ4n) is 2.78. The number of anilines is 1. The maximum Gasteiger partial charge on any atom is 0.269 e. The van der Waals surface area contributed by atoms with Crippen LogP contribution in [0.2, 0.25) is 0 Å². The third-order valence-electron chi connectivity index (χ3n) is 4.04. The molecule has 0 atom stereocenters. The number of nitrogens with one attached hydrogen (secondary N) is 1. The molecule has 0 amide bonds. The van der Waals surface area contributed by atoms with E-state index in [9.17, 15) is 8.42 Å². The Labute approximate surface area is 151 Å². The normalized spacial score (nSPS) is 11.5. The smallest absolute Gasteiger partial charge is 0.269 e. The van der Waals surface area contributed by atoms with Gasteiger partial charge in [0.25, 0.3) is 10.0 Å². The molecule has 0 aliphatic rings. The zero-order chi connectivity index (χ0) is 18.0. The molecule has 1 aromatic carbocycles. The van der Waals surface area contributed by atoms with Gasteiger partial charge in [-0.2, -0.15) is 0 Å². The summed E-state index contributed by atoms with van der Waals surface area (Å²) >= 11 is 0. The Morgan fingerprint density at radius 1 is 0.885 bits per heavy atom. The molecule has 0 radical (unpaired) electrons. The van der Waals surface area contributed by atoms with Gasteiger partial charge in [-0.15, -0.1) is 0 Å². The van der Waals surface area contributed by atoms with Crippen molar-refractivity contribution >= 4 is 26.9 Å². The molecule has 4 rings (SSSR count). The van der Waals surface area contributed by atoms with Crippen LogP contribution in [0.1, 0.15) is 5.56 Å². The molecule has 26 heavy (non-hydrogen) atoms. The molecule has 0 unspecified atom stereocenters. The molecule has 7 heteroatoms. The minimum absolute atomic E-state index is 0.229. The Morgan fingerprint density at radius 3 is 2.42 bits per heavy atom. The highest BCUT2D eigenvalue weighted by Crippen LogP contribution is 2.25. The number of benzene rings is 1. The lowest BCUT2D eigenvalue weighted by Gasteiger charge is -2.06. The van der Waals surface area contributed by atoms with Crippen molar-refractivity contribution in [3.05, 3.63) is 84.8 Å². The lowest BCUT2D eigenvalue weighted by atomic mass is 10.2. The first-order valence-corrected chi connectivity index (χ1v) is 9.51. The number of nitrogens with zero attached hydrogens (tertiary/aromatic N) is 3. The van der Waals surface area contributed by atoms with E-state index in [1.165, 1.54) is 3.97 Å². The molecular formula is C19H16N4O2S. The number of rotatable bonds is 5. The highest BCUT2D eigenvalue weighted by atomic mass is 32.2. The predicted octanol–water partition coefficient (Wildman–Crippen LogP) is 3.28. The van der Waals surface area contributed by atoms with Crippen molar-refractivity contribution in [2.24, 2.45) is 0 Å². The quantitative estimate of drug-likeness (QED) is 0.588. The van der Waals surface area contributed by atoms with Crippen molar-refractivity contribution in [2.45, 2.75) is 11.4 Å². The van der Waals surface area contributed by atoms with Gasteiger partial charge in [-0.25, -0.2) is 22.4 Å². The molecule has 3 aromatic heterocycles. The van der Waals surface area contributed by atoms with E-state index in [-0.39, 0.29) is 4.90 Å². The second kappa shape index (κ2) is 6.61. The van der Waals surface area contributed by atoms with Crippen LogP contribution in [0.25, 0.3) is 11.0 Å². The van der Waals surface area contributed by atoms with E-state index >= 15 is 0 Å². The summed E-state index contributed by atoms with van der Waals surface area (Å²) in [6.07, 6.45) is 4.91. The minimum Gasteiger partial charge on any atom is -0.366 e. The molecule has 1 N–H and O–H groups in total. The predicted molar refractivity (Wildman–Crippen MR) is 100 cm³/mol. The Bertz CT molecular complexity index is 1140. The Morgan fingerprint density at radius 2 is 1.65 bits per heavy atom. The van der Waals surface area contributed by atoms with Crippen LogP contribution in [-0.4, -0.2) is 22.4 Å². The summed E-state index contributed by atoms with van der Waals surface area (Å²) in [7, 11) is -3.72. The number of pyridine rings is 2. The van der Waals surface area contributed by atoms with Crippen LogP contribution in [-0.2, 0) is 16.6 Å². The van der Waals surface area contributed by atoms with Crippen molar-refractivity contribution in [3.63, 3.8) is 0 Å². The van der Waals surface area contributed by atoms with Crippen LogP contribution in [0.5, 0.6) is 0 Å². The Hall–Kier alpha value is -3.19. The van der Waals surface area contributed by atoms with Crippen LogP contribution in [0.4, 0.5) is 5.82 Å². The van der Waals surface area contributed by atoms with Crippen LogP contribution < -0.4 is 5.32 Å². The fraction of sp³-hybridized carbons (Fsp3) is 0.0526. The van der Waals surface area contributed by atoms with Crippen LogP contribution >= 0.6 is 0 Å². The average molecular weight is 364 g/mol. The van der Waals surface area contributed by atoms with Crippen LogP contribution in [0.15, 0.2) is 84.1 Å². The third kappa shape index (κ3) is 2.93. The van der Waals surface area contributed by atoms with Crippen molar-refractivity contribution in [1.29, 1.82) is 0 Å². The summed E-state index contributed by atoms with van der Waals surface area (Å²) in [5.41, 5.74) is 1.24. The molecule has 4 aromatic rings. The molecule has 130 valence electrons. The summed E-state index contributed by atoms with van der Waals surface area (Å²) in [4.78, 5) is 8.74. The van der Waals surface area contributed by atoms with E-state index in [0.717, 1.165) is 16.8 Å². The lowest BCUT2D eigenvalue weighted by Crippen LogP contribution is -2.12. The third-order valence-corrected chi connectivity index (χ3v) is 5.70. The van der Waals surface area contributed by atoms with Gasteiger partial charge in [-0.1, -0.05) is 24.3 Å². The van der Waals surface area contributed by atoms with Crippen molar-refractivity contribution in [3.8, 4) is 0 Å². The van der Waals surface area contributed by atoms with Crippen LogP contribution in [0, 0.1) is 0 Å². The molecule has 0 spiro atoms. The highest BCUT2D eigenvalue weighted by Gasteiger charge is 2.21. The Balaban J connectivity index is 1.77. The number of hydrogen-bond donors (Lipinski definition) is 1. The molecule has 0 saturated carbocycles. The summed E-state index contributed by atoms with van der Waals surface area (Å²) in [6.45, 7) is 0.441.